The number of rotatable bonds is 2. The number of aliphatic hydroxyl groups excluding tert-OH is 1. The van der Waals surface area contributed by atoms with Gasteiger partial charge >= 0.3 is 0 Å². The third kappa shape index (κ3) is 2.35. The van der Waals surface area contributed by atoms with E-state index in [0.29, 0.717) is 5.92 Å². The molecule has 1 N–H and O–H groups in total. The maximum atomic E-state index is 9.61. The lowest BCUT2D eigenvalue weighted by Crippen LogP contribution is -2.21. The first-order valence-electron chi connectivity index (χ1n) is 6.03. The molecule has 0 spiro atoms. The number of hydrogen-bond acceptors (Lipinski definition) is 1. The molecule has 1 aromatic rings. The van der Waals surface area contributed by atoms with Crippen LogP contribution in [0.2, 0.25) is 0 Å². The fourth-order valence-electron chi connectivity index (χ4n) is 2.80. The minimum Gasteiger partial charge on any atom is -0.499 e. The Hall–Kier alpha value is -0.673. The van der Waals surface area contributed by atoms with Crippen LogP contribution in [0, 0.1) is 0 Å². The number of hydrogen-bond donors (Lipinski definition) is 1. The molecule has 1 aliphatic rings. The Kier molecular flexibility index (Phi) is 3.77. The minimum atomic E-state index is 0.0678. The molecule has 0 atom stereocenters. The molecule has 1 nitrogen and oxygen atoms in total. The van der Waals surface area contributed by atoms with Crippen LogP contribution in [0.4, 0.5) is 0 Å². The van der Waals surface area contributed by atoms with Crippen LogP contribution >= 0.6 is 12.2 Å². The Morgan fingerprint density at radius 3 is 2.56 bits per heavy atom. The van der Waals surface area contributed by atoms with E-state index in [9.17, 15) is 5.11 Å². The van der Waals surface area contributed by atoms with Gasteiger partial charge in [-0.05, 0) is 36.5 Å². The van der Waals surface area contributed by atoms with Crippen LogP contribution in [-0.2, 0) is 0 Å². The van der Waals surface area contributed by atoms with E-state index in [4.69, 9.17) is 12.2 Å². The summed E-state index contributed by atoms with van der Waals surface area (Å²) >= 11 is 4.95. The lowest BCUT2D eigenvalue weighted by molar-refractivity contribution is 0.443. The molecule has 3 heteroatoms. The molecule has 1 aromatic carbocycles. The van der Waals surface area contributed by atoms with Crippen LogP contribution in [0.3, 0.4) is 0 Å². The lowest BCUT2D eigenvalue weighted by atomic mass is 9.82. The summed E-state index contributed by atoms with van der Waals surface area (Å²) in [5, 5.41) is 11.1. The summed E-state index contributed by atoms with van der Waals surface area (Å²) in [4.78, 5) is 0. The SMILES string of the molecule is OC(=S)c1cccc([SiH3])c1C1CCCCC1. The van der Waals surface area contributed by atoms with Crippen LogP contribution in [0.15, 0.2) is 18.2 Å². The smallest absolute Gasteiger partial charge is 0.188 e. The van der Waals surface area contributed by atoms with Gasteiger partial charge in [-0.15, -0.1) is 0 Å². The molecular formula is C13H18OSSi. The molecule has 16 heavy (non-hydrogen) atoms. The van der Waals surface area contributed by atoms with Crippen molar-refractivity contribution in [3.8, 4) is 0 Å². The number of aliphatic hydroxyl groups is 1. The first-order valence-corrected chi connectivity index (χ1v) is 7.44. The van der Waals surface area contributed by atoms with Crippen molar-refractivity contribution >= 4 is 32.7 Å². The minimum absolute atomic E-state index is 0.0678. The number of thiocarbonyl (C=S) groups is 1. The van der Waals surface area contributed by atoms with Crippen molar-refractivity contribution in [1.82, 2.24) is 0 Å². The van der Waals surface area contributed by atoms with Crippen LogP contribution in [0.1, 0.15) is 49.1 Å². The summed E-state index contributed by atoms with van der Waals surface area (Å²) in [7, 11) is 1.03. The standard InChI is InChI=1S/C13H18OSSi/c14-13(15)10-7-4-8-11(16)12(10)9-5-2-1-3-6-9/h4,7-9H,1-3,5-6H2,16H3,(H,14,15). The van der Waals surface area contributed by atoms with Gasteiger partial charge in [-0.3, -0.25) is 0 Å². The monoisotopic (exact) mass is 250 g/mol. The predicted molar refractivity (Wildman–Crippen MR) is 76.2 cm³/mol. The third-order valence-electron chi connectivity index (χ3n) is 3.57. The Balaban J connectivity index is 2.40. The molecule has 0 heterocycles. The molecule has 0 saturated heterocycles. The van der Waals surface area contributed by atoms with Gasteiger partial charge in [-0.1, -0.05) is 42.6 Å². The molecule has 0 amide bonds. The molecular weight excluding hydrogens is 232 g/mol. The second-order valence-electron chi connectivity index (χ2n) is 4.68. The summed E-state index contributed by atoms with van der Waals surface area (Å²) in [6.45, 7) is 0. The van der Waals surface area contributed by atoms with Crippen molar-refractivity contribution in [2.45, 2.75) is 38.0 Å². The van der Waals surface area contributed by atoms with Crippen molar-refractivity contribution in [3.05, 3.63) is 29.3 Å². The van der Waals surface area contributed by atoms with E-state index in [0.717, 1.165) is 15.8 Å². The van der Waals surface area contributed by atoms with Gasteiger partial charge in [0.2, 0.25) is 0 Å². The normalized spacial score (nSPS) is 17.5. The summed E-state index contributed by atoms with van der Waals surface area (Å²) in [5.41, 5.74) is 2.26. The third-order valence-corrected chi connectivity index (χ3v) is 4.66. The zero-order chi connectivity index (χ0) is 11.5. The Morgan fingerprint density at radius 2 is 1.94 bits per heavy atom. The molecule has 0 aliphatic heterocycles. The van der Waals surface area contributed by atoms with Gasteiger partial charge in [0.1, 0.15) is 0 Å². The van der Waals surface area contributed by atoms with Crippen LogP contribution in [0.25, 0.3) is 0 Å². The first-order chi connectivity index (χ1) is 7.70. The quantitative estimate of drug-likeness (QED) is 0.639. The highest BCUT2D eigenvalue weighted by molar-refractivity contribution is 7.80. The van der Waals surface area contributed by atoms with Gasteiger partial charge in [0, 0.05) is 15.8 Å². The Labute approximate surface area is 105 Å². The molecule has 1 saturated carbocycles. The summed E-state index contributed by atoms with van der Waals surface area (Å²) < 4.78 is 0. The molecule has 1 aliphatic carbocycles. The van der Waals surface area contributed by atoms with Crippen LogP contribution < -0.4 is 5.19 Å². The van der Waals surface area contributed by atoms with E-state index in [1.54, 1.807) is 0 Å². The van der Waals surface area contributed by atoms with Gasteiger partial charge in [0.05, 0.1) is 0 Å². The average molecular weight is 250 g/mol. The van der Waals surface area contributed by atoms with E-state index in [1.165, 1.54) is 42.9 Å². The molecule has 2 rings (SSSR count). The second kappa shape index (κ2) is 5.10. The second-order valence-corrected chi connectivity index (χ2v) is 6.14. The Morgan fingerprint density at radius 1 is 1.25 bits per heavy atom. The van der Waals surface area contributed by atoms with Gasteiger partial charge in [-0.25, -0.2) is 0 Å². The van der Waals surface area contributed by atoms with E-state index in [-0.39, 0.29) is 5.05 Å². The molecule has 0 bridgehead atoms. The maximum Gasteiger partial charge on any atom is 0.188 e. The van der Waals surface area contributed by atoms with Crippen molar-refractivity contribution in [2.75, 3.05) is 0 Å². The highest BCUT2D eigenvalue weighted by Gasteiger charge is 2.21. The van der Waals surface area contributed by atoms with E-state index < -0.39 is 0 Å². The van der Waals surface area contributed by atoms with Crippen molar-refractivity contribution < 1.29 is 5.11 Å². The fourth-order valence-corrected chi connectivity index (χ4v) is 3.85. The van der Waals surface area contributed by atoms with Gasteiger partial charge < -0.3 is 5.11 Å². The van der Waals surface area contributed by atoms with Gasteiger partial charge in [0.25, 0.3) is 0 Å². The van der Waals surface area contributed by atoms with Crippen LogP contribution in [-0.4, -0.2) is 20.4 Å². The van der Waals surface area contributed by atoms with E-state index in [2.05, 4.69) is 6.07 Å². The van der Waals surface area contributed by atoms with E-state index in [1.807, 2.05) is 12.1 Å². The molecule has 0 aromatic heterocycles. The fraction of sp³-hybridized carbons (Fsp3) is 0.462. The topological polar surface area (TPSA) is 20.2 Å². The lowest BCUT2D eigenvalue weighted by Gasteiger charge is -2.25. The van der Waals surface area contributed by atoms with Crippen LogP contribution in [0.5, 0.6) is 0 Å². The average Bonchev–Trinajstić information content (AvgIpc) is 2.29. The molecule has 86 valence electrons. The Bertz CT molecular complexity index is 397. The maximum absolute atomic E-state index is 9.61. The van der Waals surface area contributed by atoms with Gasteiger partial charge in [0.15, 0.2) is 5.05 Å². The molecule has 0 unspecified atom stereocenters. The highest BCUT2D eigenvalue weighted by Crippen LogP contribution is 2.33. The highest BCUT2D eigenvalue weighted by atomic mass is 32.1. The van der Waals surface area contributed by atoms with Gasteiger partial charge in [-0.2, -0.15) is 0 Å². The first kappa shape index (κ1) is 11.8. The predicted octanol–water partition coefficient (Wildman–Crippen LogP) is 1.96. The summed E-state index contributed by atoms with van der Waals surface area (Å²) in [6, 6.07) is 6.15. The van der Waals surface area contributed by atoms with Crippen molar-refractivity contribution in [1.29, 1.82) is 0 Å². The van der Waals surface area contributed by atoms with Crippen molar-refractivity contribution in [3.63, 3.8) is 0 Å². The van der Waals surface area contributed by atoms with Crippen molar-refractivity contribution in [2.24, 2.45) is 0 Å². The summed E-state index contributed by atoms with van der Waals surface area (Å²) in [5.74, 6) is 0.627. The zero-order valence-corrected chi connectivity index (χ0v) is 12.5. The molecule has 0 radical (unpaired) electrons. The van der Waals surface area contributed by atoms with E-state index >= 15 is 0 Å². The summed E-state index contributed by atoms with van der Waals surface area (Å²) in [6.07, 6.45) is 6.51. The zero-order valence-electron chi connectivity index (χ0n) is 9.70. The molecule has 1 fully saturated rings. The largest absolute Gasteiger partial charge is 0.499 e. The number of benzene rings is 1.